The van der Waals surface area contributed by atoms with E-state index in [9.17, 15) is 4.79 Å². The summed E-state index contributed by atoms with van der Waals surface area (Å²) in [6.45, 7) is 0. The van der Waals surface area contributed by atoms with E-state index in [1.54, 1.807) is 18.2 Å². The van der Waals surface area contributed by atoms with E-state index in [0.717, 1.165) is 5.06 Å². The number of carbonyl (C=O) groups excluding carboxylic acids is 1. The lowest BCUT2D eigenvalue weighted by Gasteiger charge is -2.14. The average molecular weight is 279 g/mol. The van der Waals surface area contributed by atoms with Gasteiger partial charge in [0.25, 0.3) is 5.91 Å². The molecule has 0 saturated carbocycles. The fraction of sp³-hybridized carbons (Fsp3) is 0.222. The Labute approximate surface area is 95.7 Å². The molecule has 0 saturated heterocycles. The first kappa shape index (κ1) is 11.5. The van der Waals surface area contributed by atoms with E-state index in [-0.39, 0.29) is 5.91 Å². The Morgan fingerprint density at radius 2 is 2.21 bits per heavy atom. The van der Waals surface area contributed by atoms with Crippen LogP contribution in [0.15, 0.2) is 22.7 Å². The van der Waals surface area contributed by atoms with Crippen molar-refractivity contribution >= 4 is 33.4 Å². The molecule has 0 aliphatic rings. The average Bonchev–Trinajstić information content (AvgIpc) is 2.20. The Morgan fingerprint density at radius 3 is 2.79 bits per heavy atom. The van der Waals surface area contributed by atoms with Crippen LogP contribution in [0, 0.1) is 0 Å². The van der Waals surface area contributed by atoms with Gasteiger partial charge in [0.2, 0.25) is 0 Å². The number of hydrogen-bond acceptors (Lipinski definition) is 2. The third-order valence-electron chi connectivity index (χ3n) is 1.74. The quantitative estimate of drug-likeness (QED) is 0.779. The first-order valence-electron chi connectivity index (χ1n) is 3.84. The highest BCUT2D eigenvalue weighted by atomic mass is 79.9. The number of halogens is 2. The van der Waals surface area contributed by atoms with Crippen LogP contribution in [0.25, 0.3) is 0 Å². The van der Waals surface area contributed by atoms with Gasteiger partial charge in [0.05, 0.1) is 17.7 Å². The molecule has 1 rings (SSSR count). The molecule has 1 amide bonds. The molecule has 3 nitrogen and oxygen atoms in total. The van der Waals surface area contributed by atoms with Crippen LogP contribution in [0.3, 0.4) is 0 Å². The molecule has 0 aromatic heterocycles. The highest BCUT2D eigenvalue weighted by molar-refractivity contribution is 9.10. The molecule has 76 valence electrons. The number of hydrogen-bond donors (Lipinski definition) is 0. The monoisotopic (exact) mass is 277 g/mol. The summed E-state index contributed by atoms with van der Waals surface area (Å²) in [5.74, 6) is -0.248. The Morgan fingerprint density at radius 1 is 1.57 bits per heavy atom. The second kappa shape index (κ2) is 4.77. The zero-order valence-corrected chi connectivity index (χ0v) is 10.1. The number of nitrogens with zero attached hydrogens (tertiary/aromatic N) is 1. The van der Waals surface area contributed by atoms with Crippen LogP contribution in [0.5, 0.6) is 0 Å². The Hall–Kier alpha value is -0.580. The fourth-order valence-electron chi connectivity index (χ4n) is 0.922. The molecular formula is C9H9BrClNO2. The molecule has 0 atom stereocenters. The first-order chi connectivity index (χ1) is 6.57. The summed E-state index contributed by atoms with van der Waals surface area (Å²) in [7, 11) is 2.96. The largest absolute Gasteiger partial charge is 0.278 e. The Bertz CT molecular complexity index is 357. The Balaban J connectivity index is 3.07. The van der Waals surface area contributed by atoms with Crippen LogP contribution >= 0.6 is 27.5 Å². The van der Waals surface area contributed by atoms with Gasteiger partial charge in [-0.05, 0) is 28.1 Å². The fourth-order valence-corrected chi connectivity index (χ4v) is 1.53. The molecule has 0 aliphatic carbocycles. The summed E-state index contributed by atoms with van der Waals surface area (Å²) >= 11 is 9.09. The van der Waals surface area contributed by atoms with Gasteiger partial charge in [-0.3, -0.25) is 9.63 Å². The normalized spacial score (nSPS) is 10.0. The molecule has 1 aromatic carbocycles. The van der Waals surface area contributed by atoms with Crippen LogP contribution in [0.1, 0.15) is 10.4 Å². The lowest BCUT2D eigenvalue weighted by atomic mass is 10.2. The lowest BCUT2D eigenvalue weighted by molar-refractivity contribution is -0.0757. The van der Waals surface area contributed by atoms with Crippen molar-refractivity contribution < 1.29 is 9.63 Å². The zero-order chi connectivity index (χ0) is 10.7. The maximum absolute atomic E-state index is 11.7. The van der Waals surface area contributed by atoms with E-state index in [2.05, 4.69) is 15.9 Å². The van der Waals surface area contributed by atoms with Gasteiger partial charge in [0.15, 0.2) is 0 Å². The molecule has 0 aliphatic heterocycles. The van der Waals surface area contributed by atoms with Crippen molar-refractivity contribution in [2.45, 2.75) is 0 Å². The lowest BCUT2D eigenvalue weighted by Crippen LogP contribution is -2.25. The molecule has 14 heavy (non-hydrogen) atoms. The van der Waals surface area contributed by atoms with Crippen molar-refractivity contribution in [3.63, 3.8) is 0 Å². The van der Waals surface area contributed by atoms with Gasteiger partial charge in [0.1, 0.15) is 0 Å². The van der Waals surface area contributed by atoms with Gasteiger partial charge in [0, 0.05) is 11.5 Å². The van der Waals surface area contributed by atoms with Gasteiger partial charge in [-0.2, -0.15) is 0 Å². The van der Waals surface area contributed by atoms with Gasteiger partial charge >= 0.3 is 0 Å². The summed E-state index contributed by atoms with van der Waals surface area (Å²) in [5, 5.41) is 1.64. The highest BCUT2D eigenvalue weighted by Gasteiger charge is 2.15. The van der Waals surface area contributed by atoms with Crippen LogP contribution in [0.4, 0.5) is 0 Å². The highest BCUT2D eigenvalue weighted by Crippen LogP contribution is 2.26. The van der Waals surface area contributed by atoms with Crippen molar-refractivity contribution in [1.29, 1.82) is 0 Å². The van der Waals surface area contributed by atoms with E-state index < -0.39 is 0 Å². The predicted molar refractivity (Wildman–Crippen MR) is 58.3 cm³/mol. The van der Waals surface area contributed by atoms with E-state index >= 15 is 0 Å². The maximum Gasteiger partial charge on any atom is 0.278 e. The maximum atomic E-state index is 11.7. The topological polar surface area (TPSA) is 29.5 Å². The molecule has 0 heterocycles. The minimum absolute atomic E-state index is 0.248. The van der Waals surface area contributed by atoms with Crippen molar-refractivity contribution in [2.24, 2.45) is 0 Å². The van der Waals surface area contributed by atoms with E-state index in [4.69, 9.17) is 16.4 Å². The minimum Gasteiger partial charge on any atom is -0.274 e. The van der Waals surface area contributed by atoms with Crippen molar-refractivity contribution in [1.82, 2.24) is 5.06 Å². The number of carbonyl (C=O) groups is 1. The van der Waals surface area contributed by atoms with Gasteiger partial charge < -0.3 is 0 Å². The summed E-state index contributed by atoms with van der Waals surface area (Å²) in [4.78, 5) is 16.4. The second-order valence-corrected chi connectivity index (χ2v) is 3.79. The summed E-state index contributed by atoms with van der Waals surface area (Å²) in [6, 6.07) is 5.09. The van der Waals surface area contributed by atoms with Gasteiger partial charge in [-0.25, -0.2) is 5.06 Å². The molecule has 0 N–H and O–H groups in total. The molecule has 1 aromatic rings. The zero-order valence-electron chi connectivity index (χ0n) is 7.75. The predicted octanol–water partition coefficient (Wildman–Crippen LogP) is 2.74. The van der Waals surface area contributed by atoms with E-state index in [0.29, 0.717) is 15.1 Å². The SMILES string of the molecule is CON(C)C(=O)c1cccc(Cl)c1Br. The van der Waals surface area contributed by atoms with Crippen molar-refractivity contribution in [3.8, 4) is 0 Å². The van der Waals surface area contributed by atoms with Gasteiger partial charge in [-0.15, -0.1) is 0 Å². The van der Waals surface area contributed by atoms with E-state index in [1.807, 2.05) is 0 Å². The molecule has 0 unspecified atom stereocenters. The van der Waals surface area contributed by atoms with Crippen LogP contribution in [0.2, 0.25) is 5.02 Å². The summed E-state index contributed by atoms with van der Waals surface area (Å²) < 4.78 is 0.579. The minimum atomic E-state index is -0.248. The number of benzene rings is 1. The van der Waals surface area contributed by atoms with Crippen molar-refractivity contribution in [2.75, 3.05) is 14.2 Å². The summed E-state index contributed by atoms with van der Waals surface area (Å²) in [6.07, 6.45) is 0. The van der Waals surface area contributed by atoms with Crippen LogP contribution < -0.4 is 0 Å². The number of amides is 1. The van der Waals surface area contributed by atoms with Crippen LogP contribution in [-0.2, 0) is 4.84 Å². The molecule has 0 bridgehead atoms. The second-order valence-electron chi connectivity index (χ2n) is 2.59. The van der Waals surface area contributed by atoms with Crippen LogP contribution in [-0.4, -0.2) is 25.1 Å². The smallest absolute Gasteiger partial charge is 0.274 e. The molecule has 0 radical (unpaired) electrons. The molecule has 0 spiro atoms. The summed E-state index contributed by atoms with van der Waals surface area (Å²) in [5.41, 5.74) is 0.474. The number of hydroxylamine groups is 2. The third-order valence-corrected chi connectivity index (χ3v) is 3.14. The Kier molecular flexibility index (Phi) is 3.92. The molecular weight excluding hydrogens is 269 g/mol. The van der Waals surface area contributed by atoms with Crippen molar-refractivity contribution in [3.05, 3.63) is 33.3 Å². The molecule has 0 fully saturated rings. The molecule has 5 heteroatoms. The van der Waals surface area contributed by atoms with E-state index in [1.165, 1.54) is 14.2 Å². The first-order valence-corrected chi connectivity index (χ1v) is 5.01. The third kappa shape index (κ3) is 2.26. The van der Waals surface area contributed by atoms with Gasteiger partial charge in [-0.1, -0.05) is 17.7 Å². The number of rotatable bonds is 2. The standard InChI is InChI=1S/C9H9BrClNO2/c1-12(14-2)9(13)6-4-3-5-7(11)8(6)10/h3-5H,1-2H3.